The maximum Gasteiger partial charge on any atom is 0.308 e. The van der Waals surface area contributed by atoms with Gasteiger partial charge >= 0.3 is 5.97 Å². The van der Waals surface area contributed by atoms with Crippen LogP contribution >= 0.6 is 11.3 Å². The lowest BCUT2D eigenvalue weighted by Gasteiger charge is -2.20. The van der Waals surface area contributed by atoms with E-state index in [4.69, 9.17) is 13.9 Å². The molecule has 4 aromatic carbocycles. The van der Waals surface area contributed by atoms with E-state index in [9.17, 15) is 14.4 Å². The molecule has 2 amide bonds. The summed E-state index contributed by atoms with van der Waals surface area (Å²) >= 11 is 1.27. The lowest BCUT2D eigenvalue weighted by molar-refractivity contribution is -0.131. The van der Waals surface area contributed by atoms with E-state index in [2.05, 4.69) is 0 Å². The number of halogens is 2. The number of hydrogen-bond donors (Lipinski definition) is 0. The van der Waals surface area contributed by atoms with Crippen LogP contribution in [-0.4, -0.2) is 24.9 Å². The normalized spacial score (nSPS) is 10.9. The third-order valence-corrected chi connectivity index (χ3v) is 7.89. The zero-order chi connectivity index (χ0) is 31.7. The Balaban J connectivity index is 1.67. The molecule has 6 aromatic rings. The molecular formula is C35H23F2NO6S. The number of furan rings is 1. The van der Waals surface area contributed by atoms with Crippen molar-refractivity contribution in [3.8, 4) is 33.1 Å². The molecule has 0 saturated carbocycles. The van der Waals surface area contributed by atoms with Crippen LogP contribution in [0.5, 0.6) is 11.5 Å². The average Bonchev–Trinajstić information content (AvgIpc) is 3.69. The molecule has 0 unspecified atom stereocenters. The Morgan fingerprint density at radius 1 is 0.778 bits per heavy atom. The Labute approximate surface area is 259 Å². The van der Waals surface area contributed by atoms with E-state index >= 15 is 8.78 Å². The highest BCUT2D eigenvalue weighted by Crippen LogP contribution is 2.48. The van der Waals surface area contributed by atoms with Gasteiger partial charge in [-0.3, -0.25) is 14.4 Å². The summed E-state index contributed by atoms with van der Waals surface area (Å²) in [6, 6.07) is 24.2. The van der Waals surface area contributed by atoms with Crippen LogP contribution in [0.15, 0.2) is 107 Å². The second kappa shape index (κ2) is 12.2. The van der Waals surface area contributed by atoms with Crippen LogP contribution in [-0.2, 0) is 4.79 Å². The monoisotopic (exact) mass is 623 g/mol. The van der Waals surface area contributed by atoms with E-state index < -0.39 is 40.5 Å². The third kappa shape index (κ3) is 5.59. The SMILES string of the molecule is COc1ccc(-c2cc(OC(C)=O)c3c(-c4cccs4)c(N(C(=O)c4ccccc4F)C(=O)c4ccccc4F)oc3c2)cc1. The van der Waals surface area contributed by atoms with Crippen molar-refractivity contribution in [1.29, 1.82) is 0 Å². The van der Waals surface area contributed by atoms with Gasteiger partial charge in [-0.05, 0) is 71.1 Å². The molecule has 0 saturated heterocycles. The molecule has 0 atom stereocenters. The fraction of sp³-hybridized carbons (Fsp3) is 0.0571. The molecule has 6 rings (SSSR count). The lowest BCUT2D eigenvalue weighted by Crippen LogP contribution is -2.38. The summed E-state index contributed by atoms with van der Waals surface area (Å²) in [5.41, 5.74) is 0.839. The second-order valence-corrected chi connectivity index (χ2v) is 10.8. The minimum Gasteiger partial charge on any atom is -0.497 e. The fourth-order valence-electron chi connectivity index (χ4n) is 4.96. The largest absolute Gasteiger partial charge is 0.497 e. The number of ether oxygens (including phenoxy) is 2. The first-order chi connectivity index (χ1) is 21.8. The molecule has 10 heteroatoms. The highest BCUT2D eigenvalue weighted by molar-refractivity contribution is 7.13. The van der Waals surface area contributed by atoms with Gasteiger partial charge in [0.2, 0.25) is 5.88 Å². The van der Waals surface area contributed by atoms with Crippen molar-refractivity contribution in [1.82, 2.24) is 0 Å². The number of amides is 2. The van der Waals surface area contributed by atoms with Gasteiger partial charge in [0.25, 0.3) is 11.8 Å². The van der Waals surface area contributed by atoms with E-state index in [1.165, 1.54) is 54.7 Å². The number of imide groups is 1. The number of thiophene rings is 1. The van der Waals surface area contributed by atoms with Crippen molar-refractivity contribution in [2.75, 3.05) is 12.0 Å². The first kappa shape index (κ1) is 29.5. The lowest BCUT2D eigenvalue weighted by atomic mass is 10.0. The zero-order valence-corrected chi connectivity index (χ0v) is 24.7. The molecule has 0 aliphatic heterocycles. The van der Waals surface area contributed by atoms with Gasteiger partial charge in [0.1, 0.15) is 28.7 Å². The number of nitrogens with zero attached hydrogens (tertiary/aromatic N) is 1. The van der Waals surface area contributed by atoms with E-state index in [0.29, 0.717) is 21.1 Å². The van der Waals surface area contributed by atoms with Crippen LogP contribution in [0.4, 0.5) is 14.7 Å². The van der Waals surface area contributed by atoms with E-state index in [1.54, 1.807) is 61.0 Å². The van der Waals surface area contributed by atoms with Crippen molar-refractivity contribution < 1.29 is 37.1 Å². The Bertz CT molecular complexity index is 2010. The number of carbonyl (C=O) groups is 3. The number of anilines is 1. The highest BCUT2D eigenvalue weighted by Gasteiger charge is 2.36. The van der Waals surface area contributed by atoms with Crippen molar-refractivity contribution in [3.63, 3.8) is 0 Å². The van der Waals surface area contributed by atoms with Crippen LogP contribution in [0.1, 0.15) is 27.6 Å². The van der Waals surface area contributed by atoms with Crippen molar-refractivity contribution >= 4 is 46.0 Å². The Morgan fingerprint density at radius 3 is 1.93 bits per heavy atom. The maximum absolute atomic E-state index is 15.0. The molecule has 7 nitrogen and oxygen atoms in total. The molecule has 2 aromatic heterocycles. The van der Waals surface area contributed by atoms with E-state index in [1.807, 2.05) is 0 Å². The van der Waals surface area contributed by atoms with Crippen molar-refractivity contribution in [2.24, 2.45) is 0 Å². The summed E-state index contributed by atoms with van der Waals surface area (Å²) in [6.07, 6.45) is 0. The standard InChI is InChI=1S/C35H23F2NO6S/c1-20(39)43-28-18-22(21-13-15-23(42-2)16-14-21)19-29-31(28)32(30-12-7-17-45-30)35(44-29)38(33(40)24-8-3-5-10-26(24)36)34(41)25-9-4-6-11-27(25)37/h3-19H,1-2H3. The minimum atomic E-state index is -1.08. The van der Waals surface area contributed by atoms with Crippen LogP contribution < -0.4 is 14.4 Å². The molecule has 0 aliphatic carbocycles. The first-order valence-corrected chi connectivity index (χ1v) is 14.5. The number of rotatable bonds is 7. The van der Waals surface area contributed by atoms with Crippen LogP contribution in [0.3, 0.4) is 0 Å². The average molecular weight is 624 g/mol. The summed E-state index contributed by atoms with van der Waals surface area (Å²) in [7, 11) is 1.55. The van der Waals surface area contributed by atoms with E-state index in [0.717, 1.165) is 17.7 Å². The number of carbonyl (C=O) groups excluding carboxylic acids is 3. The minimum absolute atomic E-state index is 0.0980. The molecule has 2 heterocycles. The number of esters is 1. The van der Waals surface area contributed by atoms with Gasteiger partial charge < -0.3 is 13.9 Å². The Hall–Kier alpha value is -5.61. The highest BCUT2D eigenvalue weighted by atomic mass is 32.1. The van der Waals surface area contributed by atoms with Crippen LogP contribution in [0, 0.1) is 11.6 Å². The smallest absolute Gasteiger partial charge is 0.308 e. The number of hydrogen-bond acceptors (Lipinski definition) is 7. The number of fused-ring (bicyclic) bond motifs is 1. The first-order valence-electron chi connectivity index (χ1n) is 13.6. The molecule has 0 fully saturated rings. The summed E-state index contributed by atoms with van der Waals surface area (Å²) in [5, 5.41) is 2.06. The summed E-state index contributed by atoms with van der Waals surface area (Å²) in [5.74, 6) is -4.12. The molecule has 45 heavy (non-hydrogen) atoms. The van der Waals surface area contributed by atoms with Gasteiger partial charge in [0, 0.05) is 11.8 Å². The van der Waals surface area contributed by atoms with Crippen molar-refractivity contribution in [3.05, 3.63) is 125 Å². The molecule has 224 valence electrons. The number of benzene rings is 4. The molecule has 0 spiro atoms. The number of methoxy groups -OCH3 is 1. The summed E-state index contributed by atoms with van der Waals surface area (Å²) in [4.78, 5) is 41.7. The fourth-order valence-corrected chi connectivity index (χ4v) is 5.73. The molecular weight excluding hydrogens is 600 g/mol. The summed E-state index contributed by atoms with van der Waals surface area (Å²) in [6.45, 7) is 1.24. The third-order valence-electron chi connectivity index (χ3n) is 7.00. The summed E-state index contributed by atoms with van der Waals surface area (Å²) < 4.78 is 47.3. The van der Waals surface area contributed by atoms with Gasteiger partial charge in [0.15, 0.2) is 0 Å². The van der Waals surface area contributed by atoms with Gasteiger partial charge in [0.05, 0.1) is 29.2 Å². The predicted octanol–water partition coefficient (Wildman–Crippen LogP) is 8.53. The topological polar surface area (TPSA) is 86.0 Å². The quantitative estimate of drug-likeness (QED) is 0.101. The Kier molecular flexibility index (Phi) is 7.97. The van der Waals surface area contributed by atoms with E-state index in [-0.39, 0.29) is 28.2 Å². The maximum atomic E-state index is 15.0. The second-order valence-electron chi connectivity index (χ2n) is 9.83. The molecule has 0 N–H and O–H groups in total. The van der Waals surface area contributed by atoms with Crippen molar-refractivity contribution in [2.45, 2.75) is 6.92 Å². The Morgan fingerprint density at radius 2 is 1.40 bits per heavy atom. The predicted molar refractivity (Wildman–Crippen MR) is 167 cm³/mol. The van der Waals surface area contributed by atoms with Gasteiger partial charge in [-0.1, -0.05) is 42.5 Å². The van der Waals surface area contributed by atoms with Gasteiger partial charge in [-0.2, -0.15) is 0 Å². The molecule has 0 bridgehead atoms. The molecule has 0 radical (unpaired) electrons. The zero-order valence-electron chi connectivity index (χ0n) is 23.9. The van der Waals surface area contributed by atoms with Crippen LogP contribution in [0.2, 0.25) is 0 Å². The van der Waals surface area contributed by atoms with Crippen LogP contribution in [0.25, 0.3) is 32.5 Å². The molecule has 0 aliphatic rings. The van der Waals surface area contributed by atoms with Gasteiger partial charge in [-0.25, -0.2) is 13.7 Å². The van der Waals surface area contributed by atoms with Gasteiger partial charge in [-0.15, -0.1) is 11.3 Å².